The third-order valence-electron chi connectivity index (χ3n) is 3.71. The highest BCUT2D eigenvalue weighted by Crippen LogP contribution is 2.28. The monoisotopic (exact) mass is 248 g/mol. The SMILES string of the molecule is CC1CCC(CNc2ccnc(C(=O)O)c2)CC1. The summed E-state index contributed by atoms with van der Waals surface area (Å²) in [6.45, 7) is 3.24. The largest absolute Gasteiger partial charge is 0.477 e. The number of hydrogen-bond acceptors (Lipinski definition) is 3. The second kappa shape index (κ2) is 5.85. The smallest absolute Gasteiger partial charge is 0.354 e. The number of nitrogens with one attached hydrogen (secondary N) is 1. The standard InChI is InChI=1S/C14H20N2O2/c1-10-2-4-11(5-3-10)9-16-12-6-7-15-13(8-12)14(17)18/h6-8,10-11H,2-5,9H2,1H3,(H,15,16)(H,17,18). The molecule has 1 heterocycles. The van der Waals surface area contributed by atoms with Gasteiger partial charge in [0, 0.05) is 18.4 Å². The van der Waals surface area contributed by atoms with Crippen molar-refractivity contribution in [3.05, 3.63) is 24.0 Å². The van der Waals surface area contributed by atoms with Crippen LogP contribution < -0.4 is 5.32 Å². The Bertz CT molecular complexity index is 412. The molecule has 1 fully saturated rings. The zero-order valence-corrected chi connectivity index (χ0v) is 10.7. The van der Waals surface area contributed by atoms with Crippen LogP contribution in [-0.2, 0) is 0 Å². The van der Waals surface area contributed by atoms with Crippen molar-refractivity contribution in [2.24, 2.45) is 11.8 Å². The van der Waals surface area contributed by atoms with E-state index in [4.69, 9.17) is 5.11 Å². The summed E-state index contributed by atoms with van der Waals surface area (Å²) in [5.41, 5.74) is 0.943. The van der Waals surface area contributed by atoms with Crippen LogP contribution in [0.1, 0.15) is 43.1 Å². The maximum absolute atomic E-state index is 10.8. The minimum Gasteiger partial charge on any atom is -0.477 e. The quantitative estimate of drug-likeness (QED) is 0.859. The number of aromatic carboxylic acids is 1. The Hall–Kier alpha value is -1.58. The molecule has 0 radical (unpaired) electrons. The fourth-order valence-corrected chi connectivity index (χ4v) is 2.45. The van der Waals surface area contributed by atoms with Crippen molar-refractivity contribution in [2.75, 3.05) is 11.9 Å². The minimum atomic E-state index is -0.981. The van der Waals surface area contributed by atoms with E-state index in [-0.39, 0.29) is 5.69 Å². The molecule has 1 saturated carbocycles. The number of pyridine rings is 1. The second-order valence-corrected chi connectivity index (χ2v) is 5.24. The fourth-order valence-electron chi connectivity index (χ4n) is 2.45. The third kappa shape index (κ3) is 3.45. The molecule has 0 atom stereocenters. The van der Waals surface area contributed by atoms with Crippen LogP contribution >= 0.6 is 0 Å². The number of carboxylic acid groups (broad SMARTS) is 1. The van der Waals surface area contributed by atoms with Gasteiger partial charge in [0.05, 0.1) is 0 Å². The summed E-state index contributed by atoms with van der Waals surface area (Å²) in [6.07, 6.45) is 6.69. The Labute approximate surface area is 107 Å². The number of rotatable bonds is 4. The lowest BCUT2D eigenvalue weighted by Crippen LogP contribution is -2.20. The van der Waals surface area contributed by atoms with Crippen LogP contribution in [0.25, 0.3) is 0 Å². The zero-order chi connectivity index (χ0) is 13.0. The Kier molecular flexibility index (Phi) is 4.18. The van der Waals surface area contributed by atoms with Crippen molar-refractivity contribution in [1.82, 2.24) is 4.98 Å². The summed E-state index contributed by atoms with van der Waals surface area (Å²) in [7, 11) is 0. The van der Waals surface area contributed by atoms with Crippen molar-refractivity contribution in [3.8, 4) is 0 Å². The average molecular weight is 248 g/mol. The number of aromatic nitrogens is 1. The highest BCUT2D eigenvalue weighted by Gasteiger charge is 2.17. The molecule has 2 rings (SSSR count). The summed E-state index contributed by atoms with van der Waals surface area (Å²) in [6, 6.07) is 3.41. The number of anilines is 1. The maximum Gasteiger partial charge on any atom is 0.354 e. The number of hydrogen-bond donors (Lipinski definition) is 2. The van der Waals surface area contributed by atoms with E-state index in [1.807, 2.05) is 6.07 Å². The molecule has 2 N–H and O–H groups in total. The molecule has 0 amide bonds. The van der Waals surface area contributed by atoms with E-state index in [9.17, 15) is 4.79 Å². The molecule has 1 aliphatic rings. The molecular formula is C14H20N2O2. The molecule has 4 heteroatoms. The lowest BCUT2D eigenvalue weighted by molar-refractivity contribution is 0.0690. The lowest BCUT2D eigenvalue weighted by Gasteiger charge is -2.26. The number of carbonyl (C=O) groups is 1. The van der Waals surface area contributed by atoms with Gasteiger partial charge < -0.3 is 10.4 Å². The van der Waals surface area contributed by atoms with Crippen LogP contribution in [0.2, 0.25) is 0 Å². The van der Waals surface area contributed by atoms with Gasteiger partial charge in [0.2, 0.25) is 0 Å². The molecule has 0 unspecified atom stereocenters. The molecule has 4 nitrogen and oxygen atoms in total. The average Bonchev–Trinajstić information content (AvgIpc) is 2.38. The summed E-state index contributed by atoms with van der Waals surface area (Å²) in [4.78, 5) is 14.6. The maximum atomic E-state index is 10.8. The Morgan fingerprint density at radius 2 is 2.17 bits per heavy atom. The van der Waals surface area contributed by atoms with Crippen molar-refractivity contribution in [2.45, 2.75) is 32.6 Å². The molecule has 0 aromatic carbocycles. The summed E-state index contributed by atoms with van der Waals surface area (Å²) >= 11 is 0. The Morgan fingerprint density at radius 3 is 2.83 bits per heavy atom. The van der Waals surface area contributed by atoms with Crippen LogP contribution in [0.4, 0.5) is 5.69 Å². The van der Waals surface area contributed by atoms with Gasteiger partial charge in [-0.3, -0.25) is 0 Å². The van der Waals surface area contributed by atoms with Gasteiger partial charge in [-0.15, -0.1) is 0 Å². The molecular weight excluding hydrogens is 228 g/mol. The van der Waals surface area contributed by atoms with E-state index < -0.39 is 5.97 Å². The van der Waals surface area contributed by atoms with Crippen LogP contribution in [0.3, 0.4) is 0 Å². The van der Waals surface area contributed by atoms with Gasteiger partial charge in [-0.2, -0.15) is 0 Å². The predicted molar refractivity (Wildman–Crippen MR) is 70.8 cm³/mol. The lowest BCUT2D eigenvalue weighted by atomic mass is 9.83. The molecule has 0 saturated heterocycles. The van der Waals surface area contributed by atoms with Crippen molar-refractivity contribution in [3.63, 3.8) is 0 Å². The number of carboxylic acids is 1. The van der Waals surface area contributed by atoms with Gasteiger partial charge in [0.25, 0.3) is 0 Å². The summed E-state index contributed by atoms with van der Waals surface area (Å²) < 4.78 is 0. The topological polar surface area (TPSA) is 62.2 Å². The third-order valence-corrected chi connectivity index (χ3v) is 3.71. The molecule has 0 bridgehead atoms. The van der Waals surface area contributed by atoms with Crippen LogP contribution in [0, 0.1) is 11.8 Å². The van der Waals surface area contributed by atoms with Gasteiger partial charge in [-0.05, 0) is 36.8 Å². The molecule has 1 aromatic heterocycles. The molecule has 1 aliphatic carbocycles. The molecule has 1 aromatic rings. The molecule has 0 spiro atoms. The van der Waals surface area contributed by atoms with Crippen LogP contribution in [0.5, 0.6) is 0 Å². The molecule has 18 heavy (non-hydrogen) atoms. The van der Waals surface area contributed by atoms with Gasteiger partial charge >= 0.3 is 5.97 Å². The van der Waals surface area contributed by atoms with Crippen molar-refractivity contribution < 1.29 is 9.90 Å². The highest BCUT2D eigenvalue weighted by molar-refractivity contribution is 5.86. The first kappa shape index (κ1) is 12.9. The van der Waals surface area contributed by atoms with Gasteiger partial charge in [0.1, 0.15) is 5.69 Å². The first-order valence-electron chi connectivity index (χ1n) is 6.58. The van der Waals surface area contributed by atoms with E-state index in [1.54, 1.807) is 6.07 Å². The van der Waals surface area contributed by atoms with Gasteiger partial charge in [0.15, 0.2) is 0 Å². The molecule has 0 aliphatic heterocycles. The van der Waals surface area contributed by atoms with Crippen molar-refractivity contribution in [1.29, 1.82) is 0 Å². The first-order valence-corrected chi connectivity index (χ1v) is 6.58. The minimum absolute atomic E-state index is 0.0947. The molecule has 98 valence electrons. The second-order valence-electron chi connectivity index (χ2n) is 5.24. The Morgan fingerprint density at radius 1 is 1.44 bits per heavy atom. The van der Waals surface area contributed by atoms with E-state index in [2.05, 4.69) is 17.2 Å². The number of nitrogens with zero attached hydrogens (tertiary/aromatic N) is 1. The van der Waals surface area contributed by atoms with Crippen molar-refractivity contribution >= 4 is 11.7 Å². The van der Waals surface area contributed by atoms with Crippen LogP contribution in [-0.4, -0.2) is 22.6 Å². The normalized spacial score (nSPS) is 23.6. The first-order chi connectivity index (χ1) is 8.65. The van der Waals surface area contributed by atoms with E-state index in [0.29, 0.717) is 5.92 Å². The van der Waals surface area contributed by atoms with Gasteiger partial charge in [-0.1, -0.05) is 19.8 Å². The fraction of sp³-hybridized carbons (Fsp3) is 0.571. The van der Waals surface area contributed by atoms with E-state index >= 15 is 0 Å². The predicted octanol–water partition coefficient (Wildman–Crippen LogP) is 3.02. The van der Waals surface area contributed by atoms with E-state index in [1.165, 1.54) is 31.9 Å². The summed E-state index contributed by atoms with van der Waals surface area (Å²) in [5.74, 6) is 0.591. The zero-order valence-electron chi connectivity index (χ0n) is 10.7. The van der Waals surface area contributed by atoms with E-state index in [0.717, 1.165) is 18.2 Å². The Balaban J connectivity index is 1.86. The summed E-state index contributed by atoms with van der Waals surface area (Å²) in [5, 5.41) is 12.2. The van der Waals surface area contributed by atoms with Gasteiger partial charge in [-0.25, -0.2) is 9.78 Å². The van der Waals surface area contributed by atoms with Crippen LogP contribution in [0.15, 0.2) is 18.3 Å². The highest BCUT2D eigenvalue weighted by atomic mass is 16.4.